The van der Waals surface area contributed by atoms with Gasteiger partial charge in [0.25, 0.3) is 0 Å². The first-order valence-electron chi connectivity index (χ1n) is 7.78. The van der Waals surface area contributed by atoms with Crippen molar-refractivity contribution in [2.24, 2.45) is 0 Å². The van der Waals surface area contributed by atoms with E-state index in [1.165, 1.54) is 11.1 Å². The minimum Gasteiger partial charge on any atom is -0.379 e. The van der Waals surface area contributed by atoms with Crippen LogP contribution < -0.4 is 5.32 Å². The van der Waals surface area contributed by atoms with Crippen LogP contribution in [-0.2, 0) is 17.7 Å². The maximum Gasteiger partial charge on any atom is 0.0619 e. The Morgan fingerprint density at radius 3 is 2.75 bits per heavy atom. The van der Waals surface area contributed by atoms with E-state index in [1.807, 2.05) is 0 Å². The Hall–Kier alpha value is -0.900. The summed E-state index contributed by atoms with van der Waals surface area (Å²) in [7, 11) is 0. The molecule has 0 aromatic heterocycles. The molecule has 0 radical (unpaired) electrons. The Bertz CT molecular complexity index is 406. The maximum atomic E-state index is 5.52. The van der Waals surface area contributed by atoms with Crippen LogP contribution in [0, 0.1) is 0 Å². The number of rotatable bonds is 6. The molecule has 3 heteroatoms. The zero-order valence-electron chi connectivity index (χ0n) is 13.1. The largest absolute Gasteiger partial charge is 0.379 e. The molecule has 1 saturated heterocycles. The number of hydrogen-bond acceptors (Lipinski definition) is 3. The van der Waals surface area contributed by atoms with Crippen molar-refractivity contribution >= 4 is 0 Å². The molecule has 0 aliphatic carbocycles. The molecule has 1 N–H and O–H groups in total. The van der Waals surface area contributed by atoms with E-state index in [0.717, 1.165) is 39.3 Å². The van der Waals surface area contributed by atoms with Gasteiger partial charge in [-0.25, -0.2) is 0 Å². The molecule has 1 atom stereocenters. The molecule has 1 aromatic rings. The smallest absolute Gasteiger partial charge is 0.0619 e. The second-order valence-electron chi connectivity index (χ2n) is 6.02. The summed E-state index contributed by atoms with van der Waals surface area (Å²) < 4.78 is 5.52. The summed E-state index contributed by atoms with van der Waals surface area (Å²) in [6.07, 6.45) is 1.10. The van der Waals surface area contributed by atoms with Crippen LogP contribution in [0.5, 0.6) is 0 Å². The first-order chi connectivity index (χ1) is 9.66. The average molecular weight is 276 g/mol. The zero-order chi connectivity index (χ0) is 14.4. The molecular formula is C17H28N2O. The van der Waals surface area contributed by atoms with Crippen molar-refractivity contribution in [3.8, 4) is 0 Å². The van der Waals surface area contributed by atoms with Gasteiger partial charge in [-0.3, -0.25) is 4.90 Å². The quantitative estimate of drug-likeness (QED) is 0.864. The number of nitrogens with one attached hydrogen (secondary N) is 1. The van der Waals surface area contributed by atoms with Gasteiger partial charge in [-0.1, -0.05) is 38.1 Å². The molecule has 1 unspecified atom stereocenters. The third kappa shape index (κ3) is 4.58. The van der Waals surface area contributed by atoms with Crippen LogP contribution in [0.2, 0.25) is 0 Å². The standard InChI is InChI=1S/C17H28N2O/c1-14(2)18-9-8-16-6-4-5-7-17(16)12-19-10-11-20-13-15(19)3/h4-7,14-15,18H,8-13H2,1-3H3. The van der Waals surface area contributed by atoms with E-state index in [4.69, 9.17) is 4.74 Å². The molecule has 0 amide bonds. The second-order valence-corrected chi connectivity index (χ2v) is 6.02. The highest BCUT2D eigenvalue weighted by Crippen LogP contribution is 2.16. The molecule has 1 aliphatic heterocycles. The van der Waals surface area contributed by atoms with Crippen molar-refractivity contribution in [1.29, 1.82) is 0 Å². The van der Waals surface area contributed by atoms with Crippen molar-refractivity contribution in [3.63, 3.8) is 0 Å². The third-order valence-corrected chi connectivity index (χ3v) is 3.94. The SMILES string of the molecule is CC(C)NCCc1ccccc1CN1CCOCC1C. The number of morpholine rings is 1. The Morgan fingerprint density at radius 1 is 1.30 bits per heavy atom. The summed E-state index contributed by atoms with van der Waals surface area (Å²) in [4.78, 5) is 2.53. The van der Waals surface area contributed by atoms with E-state index >= 15 is 0 Å². The van der Waals surface area contributed by atoms with E-state index in [9.17, 15) is 0 Å². The summed E-state index contributed by atoms with van der Waals surface area (Å²) in [5.74, 6) is 0. The van der Waals surface area contributed by atoms with Gasteiger partial charge in [-0.15, -0.1) is 0 Å². The Labute approximate surface area is 123 Å². The average Bonchev–Trinajstić information content (AvgIpc) is 2.43. The van der Waals surface area contributed by atoms with E-state index in [2.05, 4.69) is 55.3 Å². The second kappa shape index (κ2) is 7.77. The van der Waals surface area contributed by atoms with Crippen molar-refractivity contribution in [2.75, 3.05) is 26.3 Å². The molecule has 3 nitrogen and oxygen atoms in total. The topological polar surface area (TPSA) is 24.5 Å². The maximum absolute atomic E-state index is 5.52. The Kier molecular flexibility index (Phi) is 6.02. The van der Waals surface area contributed by atoms with Crippen LogP contribution in [0.25, 0.3) is 0 Å². The molecule has 20 heavy (non-hydrogen) atoms. The van der Waals surface area contributed by atoms with Crippen molar-refractivity contribution in [1.82, 2.24) is 10.2 Å². The normalized spacial score (nSPS) is 20.5. The van der Waals surface area contributed by atoms with Gasteiger partial charge in [0, 0.05) is 25.2 Å². The van der Waals surface area contributed by atoms with Gasteiger partial charge in [-0.05, 0) is 31.0 Å². The van der Waals surface area contributed by atoms with Crippen LogP contribution in [0.1, 0.15) is 31.9 Å². The summed E-state index contributed by atoms with van der Waals surface area (Å²) in [5, 5.41) is 3.50. The summed E-state index contributed by atoms with van der Waals surface area (Å²) >= 11 is 0. The Balaban J connectivity index is 1.96. The molecule has 112 valence electrons. The van der Waals surface area contributed by atoms with E-state index in [0.29, 0.717) is 12.1 Å². The first-order valence-corrected chi connectivity index (χ1v) is 7.78. The van der Waals surface area contributed by atoms with Gasteiger partial charge in [0.15, 0.2) is 0 Å². The highest BCUT2D eigenvalue weighted by Gasteiger charge is 2.19. The monoisotopic (exact) mass is 276 g/mol. The predicted molar refractivity (Wildman–Crippen MR) is 84.0 cm³/mol. The molecule has 0 spiro atoms. The highest BCUT2D eigenvalue weighted by molar-refractivity contribution is 5.27. The van der Waals surface area contributed by atoms with E-state index in [1.54, 1.807) is 0 Å². The van der Waals surface area contributed by atoms with Crippen LogP contribution in [-0.4, -0.2) is 43.3 Å². The van der Waals surface area contributed by atoms with Crippen molar-refractivity contribution < 1.29 is 4.74 Å². The van der Waals surface area contributed by atoms with Crippen molar-refractivity contribution in [2.45, 2.75) is 45.8 Å². The van der Waals surface area contributed by atoms with Gasteiger partial charge in [0.2, 0.25) is 0 Å². The molecule has 2 rings (SSSR count). The van der Waals surface area contributed by atoms with Gasteiger partial charge in [-0.2, -0.15) is 0 Å². The number of nitrogens with zero attached hydrogens (tertiary/aromatic N) is 1. The van der Waals surface area contributed by atoms with Crippen LogP contribution in [0.3, 0.4) is 0 Å². The fourth-order valence-corrected chi connectivity index (χ4v) is 2.67. The minimum absolute atomic E-state index is 0.519. The Morgan fingerprint density at radius 2 is 2.05 bits per heavy atom. The highest BCUT2D eigenvalue weighted by atomic mass is 16.5. The summed E-state index contributed by atoms with van der Waals surface area (Å²) in [6, 6.07) is 9.92. The van der Waals surface area contributed by atoms with E-state index in [-0.39, 0.29) is 0 Å². The molecule has 1 fully saturated rings. The lowest BCUT2D eigenvalue weighted by molar-refractivity contribution is -0.00447. The number of ether oxygens (including phenoxy) is 1. The summed E-state index contributed by atoms with van der Waals surface area (Å²) in [5.41, 5.74) is 2.94. The summed E-state index contributed by atoms with van der Waals surface area (Å²) in [6.45, 7) is 11.5. The lowest BCUT2D eigenvalue weighted by Gasteiger charge is -2.33. The van der Waals surface area contributed by atoms with Crippen LogP contribution in [0.15, 0.2) is 24.3 Å². The molecule has 0 saturated carbocycles. The van der Waals surface area contributed by atoms with Gasteiger partial charge in [0.05, 0.1) is 13.2 Å². The van der Waals surface area contributed by atoms with E-state index < -0.39 is 0 Å². The predicted octanol–water partition coefficient (Wildman–Crippen LogP) is 2.45. The van der Waals surface area contributed by atoms with Gasteiger partial charge in [0.1, 0.15) is 0 Å². The van der Waals surface area contributed by atoms with Crippen LogP contribution >= 0.6 is 0 Å². The molecule has 1 aliphatic rings. The fraction of sp³-hybridized carbons (Fsp3) is 0.647. The lowest BCUT2D eigenvalue weighted by atomic mass is 10.0. The fourth-order valence-electron chi connectivity index (χ4n) is 2.67. The minimum atomic E-state index is 0.519. The molecular weight excluding hydrogens is 248 g/mol. The van der Waals surface area contributed by atoms with Gasteiger partial charge < -0.3 is 10.1 Å². The molecule has 1 aromatic carbocycles. The molecule has 1 heterocycles. The van der Waals surface area contributed by atoms with Crippen molar-refractivity contribution in [3.05, 3.63) is 35.4 Å². The zero-order valence-corrected chi connectivity index (χ0v) is 13.1. The number of hydrogen-bond donors (Lipinski definition) is 1. The first kappa shape index (κ1) is 15.5. The third-order valence-electron chi connectivity index (χ3n) is 3.94. The van der Waals surface area contributed by atoms with Gasteiger partial charge >= 0.3 is 0 Å². The molecule has 0 bridgehead atoms. The number of benzene rings is 1. The van der Waals surface area contributed by atoms with Crippen LogP contribution in [0.4, 0.5) is 0 Å². The lowest BCUT2D eigenvalue weighted by Crippen LogP contribution is -2.43.